The zero-order valence-corrected chi connectivity index (χ0v) is 11.5. The Kier molecular flexibility index (Phi) is 4.25. The molecule has 0 spiro atoms. The van der Waals surface area contributed by atoms with Gasteiger partial charge in [-0.1, -0.05) is 25.9 Å². The Labute approximate surface area is 101 Å². The second kappa shape index (κ2) is 4.93. The molecule has 3 heteroatoms. The minimum absolute atomic E-state index is 0.189. The van der Waals surface area contributed by atoms with Gasteiger partial charge in [0.05, 0.1) is 11.2 Å². The average Bonchev–Trinajstić information content (AvgIpc) is 2.37. The van der Waals surface area contributed by atoms with Crippen molar-refractivity contribution < 1.29 is 9.31 Å². The summed E-state index contributed by atoms with van der Waals surface area (Å²) in [6.07, 6.45) is 4.57. The average molecular weight is 224 g/mol. The molecule has 92 valence electrons. The largest absolute Gasteiger partial charge is 0.486 e. The molecule has 1 saturated heterocycles. The lowest BCUT2D eigenvalue weighted by Gasteiger charge is -2.32. The lowest BCUT2D eigenvalue weighted by molar-refractivity contribution is 0.00578. The first-order valence-corrected chi connectivity index (χ1v) is 6.36. The van der Waals surface area contributed by atoms with Gasteiger partial charge >= 0.3 is 7.12 Å². The van der Waals surface area contributed by atoms with Crippen molar-refractivity contribution in [1.29, 1.82) is 0 Å². The van der Waals surface area contributed by atoms with Crippen LogP contribution in [0.3, 0.4) is 0 Å². The molecule has 0 aromatic rings. The first-order chi connectivity index (χ1) is 7.32. The molecule has 0 aromatic carbocycles. The van der Waals surface area contributed by atoms with E-state index < -0.39 is 0 Å². The van der Waals surface area contributed by atoms with E-state index in [9.17, 15) is 0 Å². The highest BCUT2D eigenvalue weighted by Gasteiger charge is 2.49. The molecule has 2 nitrogen and oxygen atoms in total. The lowest BCUT2D eigenvalue weighted by atomic mass is 9.87. The quantitative estimate of drug-likeness (QED) is 0.679. The molecule has 1 aliphatic rings. The van der Waals surface area contributed by atoms with Gasteiger partial charge in [0.1, 0.15) is 0 Å². The van der Waals surface area contributed by atoms with Crippen molar-refractivity contribution in [3.8, 4) is 0 Å². The van der Waals surface area contributed by atoms with E-state index in [4.69, 9.17) is 9.31 Å². The standard InChI is InChI=1S/C13H25BO2/c1-7-11(8-2)9-10-14-15-12(3,4)13(5,6)16-14/h9-11H,7-8H2,1-6H3/b10-9+. The first kappa shape index (κ1) is 13.8. The molecule has 0 aliphatic carbocycles. The fourth-order valence-corrected chi connectivity index (χ4v) is 1.78. The SMILES string of the molecule is CCC(/C=C/B1OC(C)(C)C(C)(C)O1)CC. The molecule has 0 aromatic heterocycles. The van der Waals surface area contributed by atoms with Gasteiger partial charge in [-0.2, -0.15) is 0 Å². The minimum Gasteiger partial charge on any atom is -0.400 e. The number of hydrogen-bond acceptors (Lipinski definition) is 2. The molecule has 1 rings (SSSR count). The van der Waals surface area contributed by atoms with Crippen LogP contribution in [-0.4, -0.2) is 18.3 Å². The molecule has 1 heterocycles. The van der Waals surface area contributed by atoms with Gasteiger partial charge in [-0.05, 0) is 46.5 Å². The van der Waals surface area contributed by atoms with Gasteiger partial charge < -0.3 is 9.31 Å². The molecule has 0 N–H and O–H groups in total. The summed E-state index contributed by atoms with van der Waals surface area (Å²) in [5.74, 6) is 2.70. The highest BCUT2D eigenvalue weighted by Crippen LogP contribution is 2.36. The molecule has 0 atom stereocenters. The minimum atomic E-state index is -0.226. The summed E-state index contributed by atoms with van der Waals surface area (Å²) in [7, 11) is -0.189. The predicted molar refractivity (Wildman–Crippen MR) is 69.3 cm³/mol. The van der Waals surface area contributed by atoms with E-state index in [1.165, 1.54) is 12.8 Å². The highest BCUT2D eigenvalue weighted by molar-refractivity contribution is 6.51. The second-order valence-electron chi connectivity index (χ2n) is 5.59. The number of allylic oxidation sites excluding steroid dienone is 1. The van der Waals surface area contributed by atoms with Crippen LogP contribution < -0.4 is 0 Å². The van der Waals surface area contributed by atoms with Crippen LogP contribution in [0.5, 0.6) is 0 Å². The van der Waals surface area contributed by atoms with Crippen molar-refractivity contribution in [1.82, 2.24) is 0 Å². The third-order valence-electron chi connectivity index (χ3n) is 3.86. The zero-order valence-electron chi connectivity index (χ0n) is 11.5. The van der Waals surface area contributed by atoms with E-state index in [1.54, 1.807) is 0 Å². The number of hydrogen-bond donors (Lipinski definition) is 0. The van der Waals surface area contributed by atoms with Crippen molar-refractivity contribution in [2.45, 2.75) is 65.6 Å². The van der Waals surface area contributed by atoms with Gasteiger partial charge in [-0.3, -0.25) is 0 Å². The van der Waals surface area contributed by atoms with Crippen molar-refractivity contribution in [3.05, 3.63) is 12.1 Å². The Morgan fingerprint density at radius 1 is 1.00 bits per heavy atom. The Bertz CT molecular complexity index is 239. The maximum Gasteiger partial charge on any atom is 0.486 e. The summed E-state index contributed by atoms with van der Waals surface area (Å²) in [4.78, 5) is 0. The number of rotatable bonds is 4. The van der Waals surface area contributed by atoms with Crippen LogP contribution >= 0.6 is 0 Å². The summed E-state index contributed by atoms with van der Waals surface area (Å²) in [5, 5.41) is 0. The van der Waals surface area contributed by atoms with Gasteiger partial charge in [-0.15, -0.1) is 0 Å². The fraction of sp³-hybridized carbons (Fsp3) is 0.846. The maximum absolute atomic E-state index is 5.89. The Hall–Kier alpha value is -0.275. The van der Waals surface area contributed by atoms with E-state index in [2.05, 4.69) is 53.6 Å². The van der Waals surface area contributed by atoms with Gasteiger partial charge in [0.25, 0.3) is 0 Å². The third-order valence-corrected chi connectivity index (χ3v) is 3.86. The zero-order chi connectivity index (χ0) is 12.4. The van der Waals surface area contributed by atoms with Crippen molar-refractivity contribution in [2.24, 2.45) is 5.92 Å². The second-order valence-corrected chi connectivity index (χ2v) is 5.59. The van der Waals surface area contributed by atoms with E-state index in [1.807, 2.05) is 0 Å². The summed E-state index contributed by atoms with van der Waals surface area (Å²) in [5.41, 5.74) is -0.453. The Morgan fingerprint density at radius 2 is 1.44 bits per heavy atom. The van der Waals surface area contributed by atoms with E-state index in [-0.39, 0.29) is 18.3 Å². The van der Waals surface area contributed by atoms with Crippen molar-refractivity contribution in [3.63, 3.8) is 0 Å². The maximum atomic E-state index is 5.89. The van der Waals surface area contributed by atoms with Crippen LogP contribution in [-0.2, 0) is 9.31 Å². The molecule has 1 fully saturated rings. The van der Waals surface area contributed by atoms with Gasteiger partial charge in [0.2, 0.25) is 0 Å². The van der Waals surface area contributed by atoms with Crippen molar-refractivity contribution >= 4 is 7.12 Å². The van der Waals surface area contributed by atoms with Gasteiger partial charge in [0, 0.05) is 0 Å². The molecule has 0 unspecified atom stereocenters. The molecule has 0 saturated carbocycles. The predicted octanol–water partition coefficient (Wildman–Crippen LogP) is 3.61. The van der Waals surface area contributed by atoms with Crippen LogP contribution in [0, 0.1) is 5.92 Å². The normalized spacial score (nSPS) is 23.6. The van der Waals surface area contributed by atoms with E-state index >= 15 is 0 Å². The van der Waals surface area contributed by atoms with Crippen LogP contribution in [0.1, 0.15) is 54.4 Å². The highest BCUT2D eigenvalue weighted by atomic mass is 16.7. The molecule has 0 radical (unpaired) electrons. The van der Waals surface area contributed by atoms with Gasteiger partial charge in [-0.25, -0.2) is 0 Å². The third kappa shape index (κ3) is 2.89. The molecular weight excluding hydrogens is 199 g/mol. The lowest BCUT2D eigenvalue weighted by Crippen LogP contribution is -2.41. The van der Waals surface area contributed by atoms with Crippen LogP contribution in [0.15, 0.2) is 12.1 Å². The van der Waals surface area contributed by atoms with E-state index in [0.717, 1.165) is 0 Å². The molecule has 0 bridgehead atoms. The topological polar surface area (TPSA) is 18.5 Å². The van der Waals surface area contributed by atoms with Gasteiger partial charge in [0.15, 0.2) is 0 Å². The van der Waals surface area contributed by atoms with Crippen LogP contribution in [0.25, 0.3) is 0 Å². The Balaban J connectivity index is 2.60. The van der Waals surface area contributed by atoms with Crippen molar-refractivity contribution in [2.75, 3.05) is 0 Å². The van der Waals surface area contributed by atoms with Crippen LogP contribution in [0.4, 0.5) is 0 Å². The summed E-state index contributed by atoms with van der Waals surface area (Å²) in [6, 6.07) is 0. The summed E-state index contributed by atoms with van der Waals surface area (Å²) >= 11 is 0. The monoisotopic (exact) mass is 224 g/mol. The van der Waals surface area contributed by atoms with Crippen LogP contribution in [0.2, 0.25) is 0 Å². The molecule has 0 amide bonds. The smallest absolute Gasteiger partial charge is 0.400 e. The van der Waals surface area contributed by atoms with E-state index in [0.29, 0.717) is 5.92 Å². The Morgan fingerprint density at radius 3 is 1.81 bits per heavy atom. The molecule has 1 aliphatic heterocycles. The molecular formula is C13H25BO2. The summed E-state index contributed by atoms with van der Waals surface area (Å²) in [6.45, 7) is 12.7. The first-order valence-electron chi connectivity index (χ1n) is 6.36. The summed E-state index contributed by atoms with van der Waals surface area (Å²) < 4.78 is 11.8. The fourth-order valence-electron chi connectivity index (χ4n) is 1.78. The molecule has 16 heavy (non-hydrogen) atoms.